The van der Waals surface area contributed by atoms with Gasteiger partial charge < -0.3 is 14.4 Å². The van der Waals surface area contributed by atoms with Crippen molar-refractivity contribution in [3.63, 3.8) is 0 Å². The van der Waals surface area contributed by atoms with Gasteiger partial charge in [-0.1, -0.05) is 12.8 Å². The van der Waals surface area contributed by atoms with Crippen LogP contribution in [-0.2, 0) is 19.1 Å². The summed E-state index contributed by atoms with van der Waals surface area (Å²) in [6, 6.07) is -0.149. The Kier molecular flexibility index (Phi) is 4.11. The molecule has 0 amide bonds. The number of hydrogen-bond acceptors (Lipinski definition) is 5. The van der Waals surface area contributed by atoms with Gasteiger partial charge in [-0.25, -0.2) is 9.18 Å². The standard InChI is InChI=1S/C18H24FNO4/c1-2-23-18(22)11-9-20-13-5-3-4-6-14(13)24-17-12(19)8-7-10(15(17)20)16(11)21/h9-10,12-15,17H,2-8H2,1H3. The van der Waals surface area contributed by atoms with E-state index in [9.17, 15) is 14.0 Å². The van der Waals surface area contributed by atoms with Crippen molar-refractivity contribution in [3.8, 4) is 0 Å². The molecule has 0 aromatic carbocycles. The molecule has 0 aromatic rings. The molecule has 0 radical (unpaired) electrons. The Labute approximate surface area is 141 Å². The minimum atomic E-state index is -1.04. The Morgan fingerprint density at radius 2 is 2.12 bits per heavy atom. The molecular formula is C18H24FNO4. The average Bonchev–Trinajstić information content (AvgIpc) is 2.59. The minimum Gasteiger partial charge on any atom is -0.462 e. The summed E-state index contributed by atoms with van der Waals surface area (Å²) in [5.74, 6) is -1.13. The molecule has 0 spiro atoms. The fourth-order valence-corrected chi connectivity index (χ4v) is 4.90. The van der Waals surface area contributed by atoms with Crippen LogP contribution in [0, 0.1) is 5.92 Å². The number of hydrogen-bond donors (Lipinski definition) is 0. The van der Waals surface area contributed by atoms with E-state index >= 15 is 0 Å². The molecule has 4 aliphatic rings. The van der Waals surface area contributed by atoms with E-state index in [1.807, 2.05) is 0 Å². The maximum Gasteiger partial charge on any atom is 0.343 e. The predicted octanol–water partition coefficient (Wildman–Crippen LogP) is 2.14. The van der Waals surface area contributed by atoms with E-state index in [0.717, 1.165) is 25.7 Å². The third kappa shape index (κ3) is 2.38. The highest BCUT2D eigenvalue weighted by atomic mass is 19.1. The Morgan fingerprint density at radius 3 is 2.92 bits per heavy atom. The molecule has 0 N–H and O–H groups in total. The molecule has 2 aliphatic heterocycles. The molecule has 1 saturated heterocycles. The van der Waals surface area contributed by atoms with E-state index < -0.39 is 18.2 Å². The molecule has 6 heteroatoms. The Morgan fingerprint density at radius 1 is 1.33 bits per heavy atom. The van der Waals surface area contributed by atoms with Crippen LogP contribution in [0.2, 0.25) is 0 Å². The van der Waals surface area contributed by atoms with Crippen molar-refractivity contribution in [1.29, 1.82) is 0 Å². The maximum atomic E-state index is 14.5. The quantitative estimate of drug-likeness (QED) is 0.571. The molecule has 0 aromatic heterocycles. The molecule has 132 valence electrons. The lowest BCUT2D eigenvalue weighted by Gasteiger charge is -2.57. The van der Waals surface area contributed by atoms with Crippen LogP contribution in [0.15, 0.2) is 11.8 Å². The number of Topliss-reactive ketones (excluding diaryl/α,β-unsaturated/α-hetero) is 1. The summed E-state index contributed by atoms with van der Waals surface area (Å²) >= 11 is 0. The van der Waals surface area contributed by atoms with Crippen LogP contribution in [0.4, 0.5) is 4.39 Å². The van der Waals surface area contributed by atoms with E-state index in [0.29, 0.717) is 12.8 Å². The van der Waals surface area contributed by atoms with E-state index in [2.05, 4.69) is 4.90 Å². The van der Waals surface area contributed by atoms with Gasteiger partial charge in [0, 0.05) is 12.1 Å². The summed E-state index contributed by atoms with van der Waals surface area (Å²) in [4.78, 5) is 27.1. The number of ether oxygens (including phenoxy) is 2. The number of carbonyl (C=O) groups excluding carboxylic acids is 2. The summed E-state index contributed by atoms with van der Waals surface area (Å²) in [6.45, 7) is 1.96. The summed E-state index contributed by atoms with van der Waals surface area (Å²) < 4.78 is 25.7. The van der Waals surface area contributed by atoms with Crippen molar-refractivity contribution in [3.05, 3.63) is 11.8 Å². The molecule has 6 atom stereocenters. The first-order chi connectivity index (χ1) is 11.6. The maximum absolute atomic E-state index is 14.5. The summed E-state index contributed by atoms with van der Waals surface area (Å²) in [6.07, 6.45) is 4.88. The molecule has 5 nitrogen and oxygen atoms in total. The number of halogens is 1. The summed E-state index contributed by atoms with van der Waals surface area (Å²) in [7, 11) is 0. The van der Waals surface area contributed by atoms with E-state index in [1.54, 1.807) is 13.1 Å². The molecule has 2 saturated carbocycles. The molecule has 4 rings (SSSR count). The number of rotatable bonds is 2. The molecular weight excluding hydrogens is 313 g/mol. The zero-order valence-electron chi connectivity index (χ0n) is 13.9. The van der Waals surface area contributed by atoms with Crippen molar-refractivity contribution >= 4 is 11.8 Å². The average molecular weight is 337 g/mol. The highest BCUT2D eigenvalue weighted by molar-refractivity contribution is 6.18. The number of morpholine rings is 1. The van der Waals surface area contributed by atoms with Gasteiger partial charge in [0.15, 0.2) is 5.78 Å². The lowest BCUT2D eigenvalue weighted by atomic mass is 9.71. The van der Waals surface area contributed by atoms with Crippen LogP contribution in [-0.4, -0.2) is 53.7 Å². The number of alkyl halides is 1. The fourth-order valence-electron chi connectivity index (χ4n) is 4.90. The number of fused-ring (bicyclic) bond motifs is 2. The zero-order chi connectivity index (χ0) is 16.8. The van der Waals surface area contributed by atoms with Crippen LogP contribution in [0.3, 0.4) is 0 Å². The largest absolute Gasteiger partial charge is 0.462 e. The lowest BCUT2D eigenvalue weighted by Crippen LogP contribution is -2.68. The fraction of sp³-hybridized carbons (Fsp3) is 0.778. The van der Waals surface area contributed by atoms with Crippen molar-refractivity contribution in [2.75, 3.05) is 6.61 Å². The normalized spacial score (nSPS) is 41.2. The van der Waals surface area contributed by atoms with Gasteiger partial charge in [0.25, 0.3) is 0 Å². The Hall–Kier alpha value is -1.43. The third-order valence-corrected chi connectivity index (χ3v) is 5.96. The second-order valence-electron chi connectivity index (χ2n) is 7.26. The van der Waals surface area contributed by atoms with Crippen molar-refractivity contribution in [2.45, 2.75) is 75.9 Å². The Balaban J connectivity index is 1.73. The predicted molar refractivity (Wildman–Crippen MR) is 83.9 cm³/mol. The van der Waals surface area contributed by atoms with Crippen LogP contribution in [0.1, 0.15) is 45.4 Å². The highest BCUT2D eigenvalue weighted by Gasteiger charge is 2.56. The van der Waals surface area contributed by atoms with Gasteiger partial charge >= 0.3 is 5.97 Å². The zero-order valence-corrected chi connectivity index (χ0v) is 13.9. The summed E-state index contributed by atoms with van der Waals surface area (Å²) in [5.41, 5.74) is 0.125. The van der Waals surface area contributed by atoms with Gasteiger partial charge in [-0.3, -0.25) is 4.79 Å². The van der Waals surface area contributed by atoms with Crippen LogP contribution < -0.4 is 0 Å². The van der Waals surface area contributed by atoms with Crippen LogP contribution in [0.5, 0.6) is 0 Å². The number of esters is 1. The van der Waals surface area contributed by atoms with E-state index in [1.165, 1.54) is 0 Å². The summed E-state index contributed by atoms with van der Waals surface area (Å²) in [5, 5.41) is 0. The molecule has 6 unspecified atom stereocenters. The van der Waals surface area contributed by atoms with Crippen molar-refractivity contribution in [2.24, 2.45) is 5.92 Å². The SMILES string of the molecule is CCOC(=O)C1=CN2C3CCCCC3OC3C(F)CCC(C1=O)C32. The first-order valence-corrected chi connectivity index (χ1v) is 9.12. The Bertz CT molecular complexity index is 577. The highest BCUT2D eigenvalue weighted by Crippen LogP contribution is 2.45. The van der Waals surface area contributed by atoms with E-state index in [-0.39, 0.29) is 42.1 Å². The van der Waals surface area contributed by atoms with Gasteiger partial charge in [-0.2, -0.15) is 0 Å². The number of carbonyl (C=O) groups is 2. The lowest BCUT2D eigenvalue weighted by molar-refractivity contribution is -0.199. The topological polar surface area (TPSA) is 55.8 Å². The number of nitrogens with zero attached hydrogens (tertiary/aromatic N) is 1. The monoisotopic (exact) mass is 337 g/mol. The van der Waals surface area contributed by atoms with Crippen molar-refractivity contribution < 1.29 is 23.5 Å². The van der Waals surface area contributed by atoms with Crippen molar-refractivity contribution in [1.82, 2.24) is 4.90 Å². The van der Waals surface area contributed by atoms with Crippen LogP contribution >= 0.6 is 0 Å². The second kappa shape index (κ2) is 6.14. The minimum absolute atomic E-state index is 0.00935. The van der Waals surface area contributed by atoms with Gasteiger partial charge in [0.05, 0.1) is 24.8 Å². The molecule has 24 heavy (non-hydrogen) atoms. The van der Waals surface area contributed by atoms with Gasteiger partial charge in [-0.05, 0) is 32.6 Å². The van der Waals surface area contributed by atoms with Gasteiger partial charge in [-0.15, -0.1) is 0 Å². The molecule has 3 fully saturated rings. The van der Waals surface area contributed by atoms with Crippen LogP contribution in [0.25, 0.3) is 0 Å². The second-order valence-corrected chi connectivity index (χ2v) is 7.26. The smallest absolute Gasteiger partial charge is 0.343 e. The third-order valence-electron chi connectivity index (χ3n) is 5.96. The van der Waals surface area contributed by atoms with Gasteiger partial charge in [0.2, 0.25) is 0 Å². The van der Waals surface area contributed by atoms with E-state index in [4.69, 9.17) is 9.47 Å². The first-order valence-electron chi connectivity index (χ1n) is 9.12. The molecule has 2 heterocycles. The van der Waals surface area contributed by atoms with Gasteiger partial charge in [0.1, 0.15) is 17.8 Å². The molecule has 2 aliphatic carbocycles. The molecule has 0 bridgehead atoms. The first kappa shape index (κ1) is 16.1. The number of ketones is 1.